The molecule has 5 nitrogen and oxygen atoms in total. The molecule has 0 radical (unpaired) electrons. The van der Waals surface area contributed by atoms with Crippen molar-refractivity contribution in [3.8, 4) is 0 Å². The highest BCUT2D eigenvalue weighted by Gasteiger charge is 2.26. The number of hydrogen-bond donors (Lipinski definition) is 2. The molecule has 1 heterocycles. The van der Waals surface area contributed by atoms with Gasteiger partial charge in [-0.3, -0.25) is 14.5 Å². The highest BCUT2D eigenvalue weighted by atomic mass is 19.1. The van der Waals surface area contributed by atoms with Crippen molar-refractivity contribution < 1.29 is 14.0 Å². The number of nitrogens with one attached hydrogen (secondary N) is 2. The zero-order chi connectivity index (χ0) is 19.2. The Hall–Kier alpha value is -1.95. The molecule has 2 aliphatic rings. The maximum Gasteiger partial charge on any atom is 0.251 e. The van der Waals surface area contributed by atoms with Crippen LogP contribution < -0.4 is 10.6 Å². The molecule has 2 N–H and O–H groups in total. The molecule has 1 aromatic carbocycles. The number of halogens is 1. The minimum atomic E-state index is -0.407. The highest BCUT2D eigenvalue weighted by Crippen LogP contribution is 2.23. The van der Waals surface area contributed by atoms with Crippen molar-refractivity contribution in [1.29, 1.82) is 0 Å². The summed E-state index contributed by atoms with van der Waals surface area (Å²) < 4.78 is 13.2. The Kier molecular flexibility index (Phi) is 6.83. The third-order valence-electron chi connectivity index (χ3n) is 5.83. The van der Waals surface area contributed by atoms with Gasteiger partial charge in [-0.1, -0.05) is 25.8 Å². The van der Waals surface area contributed by atoms with Gasteiger partial charge in [-0.2, -0.15) is 0 Å². The van der Waals surface area contributed by atoms with Crippen LogP contribution >= 0.6 is 0 Å². The number of carbonyl (C=O) groups is 2. The number of rotatable bonds is 5. The maximum atomic E-state index is 13.2. The van der Waals surface area contributed by atoms with Gasteiger partial charge < -0.3 is 10.6 Å². The molecule has 148 valence electrons. The third-order valence-corrected chi connectivity index (χ3v) is 5.83. The lowest BCUT2D eigenvalue weighted by molar-refractivity contribution is -0.123. The van der Waals surface area contributed by atoms with E-state index in [2.05, 4.69) is 22.5 Å². The number of carbonyl (C=O) groups excluding carboxylic acids is 2. The number of benzene rings is 1. The first-order chi connectivity index (χ1) is 13.0. The van der Waals surface area contributed by atoms with Crippen LogP contribution in [0.25, 0.3) is 0 Å². The van der Waals surface area contributed by atoms with Crippen molar-refractivity contribution in [2.24, 2.45) is 5.92 Å². The molecule has 0 aromatic heterocycles. The van der Waals surface area contributed by atoms with E-state index in [1.54, 1.807) is 12.1 Å². The Labute approximate surface area is 160 Å². The summed E-state index contributed by atoms with van der Waals surface area (Å²) in [7, 11) is 0. The molecule has 1 aliphatic heterocycles. The lowest BCUT2D eigenvalue weighted by Gasteiger charge is -2.33. The molecule has 2 atom stereocenters. The minimum Gasteiger partial charge on any atom is -0.352 e. The van der Waals surface area contributed by atoms with Gasteiger partial charge in [-0.05, 0) is 49.8 Å². The summed E-state index contributed by atoms with van der Waals surface area (Å²) >= 11 is 0. The first-order valence-electron chi connectivity index (χ1n) is 10.1. The van der Waals surface area contributed by atoms with Crippen molar-refractivity contribution in [2.75, 3.05) is 19.6 Å². The fourth-order valence-electron chi connectivity index (χ4n) is 4.12. The van der Waals surface area contributed by atoms with Crippen molar-refractivity contribution in [1.82, 2.24) is 15.5 Å². The van der Waals surface area contributed by atoms with E-state index >= 15 is 0 Å². The first kappa shape index (κ1) is 19.8. The number of hydrogen-bond acceptors (Lipinski definition) is 3. The van der Waals surface area contributed by atoms with Gasteiger partial charge in [0.1, 0.15) is 5.82 Å². The monoisotopic (exact) mass is 375 g/mol. The second kappa shape index (κ2) is 9.31. The van der Waals surface area contributed by atoms with Gasteiger partial charge in [-0.25, -0.2) is 4.39 Å². The SMILES string of the molecule is C[C@@H]1CCCC[C@@H]1NC(=O)CN1CCC(NC(=O)c2cccc(F)c2)CC1. The summed E-state index contributed by atoms with van der Waals surface area (Å²) in [5.41, 5.74) is 0.346. The number of amides is 2. The molecule has 1 aliphatic carbocycles. The van der Waals surface area contributed by atoms with Crippen LogP contribution in [0.1, 0.15) is 55.8 Å². The molecular weight excluding hydrogens is 345 g/mol. The standard InChI is InChI=1S/C21H30FN3O2/c1-15-5-2-3-8-19(15)24-20(26)14-25-11-9-18(10-12-25)23-21(27)16-6-4-7-17(22)13-16/h4,6-7,13,15,18-19H,2-3,5,8-12,14H2,1H3,(H,23,27)(H,24,26)/t15-,19+/m1/s1. The van der Waals surface area contributed by atoms with Crippen LogP contribution in [-0.4, -0.2) is 48.4 Å². The minimum absolute atomic E-state index is 0.0680. The summed E-state index contributed by atoms with van der Waals surface area (Å²) in [5, 5.41) is 6.18. The molecule has 0 bridgehead atoms. The Bertz CT molecular complexity index is 659. The Balaban J connectivity index is 1.39. The molecule has 6 heteroatoms. The molecule has 1 aromatic rings. The second-order valence-electron chi connectivity index (χ2n) is 7.97. The van der Waals surface area contributed by atoms with E-state index in [0.29, 0.717) is 24.1 Å². The quantitative estimate of drug-likeness (QED) is 0.832. The first-order valence-corrected chi connectivity index (χ1v) is 10.1. The smallest absolute Gasteiger partial charge is 0.251 e. The third kappa shape index (κ3) is 5.76. The second-order valence-corrected chi connectivity index (χ2v) is 7.97. The van der Waals surface area contributed by atoms with Crippen LogP contribution in [0.5, 0.6) is 0 Å². The molecule has 0 unspecified atom stereocenters. The van der Waals surface area contributed by atoms with E-state index in [9.17, 15) is 14.0 Å². The Morgan fingerprint density at radius 1 is 1.11 bits per heavy atom. The Morgan fingerprint density at radius 2 is 1.85 bits per heavy atom. The van der Waals surface area contributed by atoms with Gasteiger partial charge in [-0.15, -0.1) is 0 Å². The normalized spacial score (nSPS) is 24.4. The molecule has 1 saturated heterocycles. The summed E-state index contributed by atoms with van der Waals surface area (Å²) in [4.78, 5) is 26.7. The zero-order valence-corrected chi connectivity index (χ0v) is 16.0. The van der Waals surface area contributed by atoms with Crippen molar-refractivity contribution in [3.63, 3.8) is 0 Å². The van der Waals surface area contributed by atoms with Crippen LogP contribution in [0.15, 0.2) is 24.3 Å². The van der Waals surface area contributed by atoms with Crippen LogP contribution in [-0.2, 0) is 4.79 Å². The number of nitrogens with zero attached hydrogens (tertiary/aromatic N) is 1. The lowest BCUT2D eigenvalue weighted by Crippen LogP contribution is -2.49. The van der Waals surface area contributed by atoms with Crippen molar-refractivity contribution >= 4 is 11.8 Å². The van der Waals surface area contributed by atoms with E-state index in [1.165, 1.54) is 31.4 Å². The molecule has 2 amide bonds. The summed E-state index contributed by atoms with van der Waals surface area (Å²) in [5.74, 6) is 0.0233. The van der Waals surface area contributed by atoms with E-state index < -0.39 is 5.82 Å². The molecule has 0 spiro atoms. The van der Waals surface area contributed by atoms with E-state index in [4.69, 9.17) is 0 Å². The zero-order valence-electron chi connectivity index (χ0n) is 16.0. The van der Waals surface area contributed by atoms with Gasteiger partial charge in [0.25, 0.3) is 5.91 Å². The van der Waals surface area contributed by atoms with Crippen LogP contribution in [0.3, 0.4) is 0 Å². The van der Waals surface area contributed by atoms with Crippen molar-refractivity contribution in [2.45, 2.75) is 57.5 Å². The maximum absolute atomic E-state index is 13.2. The average Bonchev–Trinajstić information content (AvgIpc) is 2.65. The topological polar surface area (TPSA) is 61.4 Å². The highest BCUT2D eigenvalue weighted by molar-refractivity contribution is 5.94. The average molecular weight is 375 g/mol. The van der Waals surface area contributed by atoms with E-state index in [-0.39, 0.29) is 17.9 Å². The molecule has 3 rings (SSSR count). The molecular formula is C21H30FN3O2. The molecule has 27 heavy (non-hydrogen) atoms. The van der Waals surface area contributed by atoms with Crippen LogP contribution in [0.4, 0.5) is 4.39 Å². The van der Waals surface area contributed by atoms with E-state index in [1.807, 2.05) is 0 Å². The lowest BCUT2D eigenvalue weighted by atomic mass is 9.86. The van der Waals surface area contributed by atoms with Gasteiger partial charge in [0, 0.05) is 30.7 Å². The molecule has 1 saturated carbocycles. The van der Waals surface area contributed by atoms with Gasteiger partial charge in [0.2, 0.25) is 5.91 Å². The van der Waals surface area contributed by atoms with Crippen LogP contribution in [0.2, 0.25) is 0 Å². The van der Waals surface area contributed by atoms with Crippen molar-refractivity contribution in [3.05, 3.63) is 35.6 Å². The number of likely N-dealkylation sites (tertiary alicyclic amines) is 1. The van der Waals surface area contributed by atoms with Gasteiger partial charge in [0.15, 0.2) is 0 Å². The van der Waals surface area contributed by atoms with E-state index in [0.717, 1.165) is 32.4 Å². The van der Waals surface area contributed by atoms with Crippen LogP contribution in [0, 0.1) is 11.7 Å². The predicted octanol–water partition coefficient (Wildman–Crippen LogP) is 2.71. The van der Waals surface area contributed by atoms with Gasteiger partial charge >= 0.3 is 0 Å². The number of piperidine rings is 1. The fourth-order valence-corrected chi connectivity index (χ4v) is 4.12. The summed E-state index contributed by atoms with van der Waals surface area (Å²) in [6.07, 6.45) is 6.35. The summed E-state index contributed by atoms with van der Waals surface area (Å²) in [6.45, 7) is 4.20. The molecule has 2 fully saturated rings. The van der Waals surface area contributed by atoms with Gasteiger partial charge in [0.05, 0.1) is 6.54 Å². The largest absolute Gasteiger partial charge is 0.352 e. The summed E-state index contributed by atoms with van der Waals surface area (Å²) in [6, 6.07) is 6.12. The Morgan fingerprint density at radius 3 is 2.56 bits per heavy atom. The fraction of sp³-hybridized carbons (Fsp3) is 0.619. The predicted molar refractivity (Wildman–Crippen MR) is 103 cm³/mol.